The highest BCUT2D eigenvalue weighted by atomic mass is 19.1. The molecular weight excluding hydrogens is 405 g/mol. The summed E-state index contributed by atoms with van der Waals surface area (Å²) in [5.41, 5.74) is 5.90. The van der Waals surface area contributed by atoms with Crippen LogP contribution in [0.25, 0.3) is 22.3 Å². The molecule has 0 saturated heterocycles. The first-order valence-electron chi connectivity index (χ1n) is 13.1. The third-order valence-corrected chi connectivity index (χ3v) is 6.50. The fraction of sp³-hybridized carbons (Fsp3) is 0.452. The second-order valence-electron chi connectivity index (χ2n) is 9.26. The van der Waals surface area contributed by atoms with Crippen molar-refractivity contribution in [2.45, 2.75) is 90.9 Å². The SMILES string of the molecule is CCCCCCCc1ccc(-c2ccc(-c3ccc(CCCCCCC)nc3)cc2F)cc1. The molecule has 0 spiro atoms. The number of halogens is 1. The first kappa shape index (κ1) is 25.1. The molecule has 0 aliphatic heterocycles. The third-order valence-electron chi connectivity index (χ3n) is 6.50. The van der Waals surface area contributed by atoms with E-state index in [1.807, 2.05) is 18.3 Å². The Kier molecular flexibility index (Phi) is 10.6. The molecule has 0 fully saturated rings. The number of unbranched alkanes of at least 4 members (excludes halogenated alkanes) is 8. The third kappa shape index (κ3) is 8.11. The average Bonchev–Trinajstić information content (AvgIpc) is 2.85. The van der Waals surface area contributed by atoms with E-state index in [1.54, 1.807) is 6.07 Å². The van der Waals surface area contributed by atoms with Gasteiger partial charge in [0.25, 0.3) is 0 Å². The maximum absolute atomic E-state index is 15.0. The van der Waals surface area contributed by atoms with Gasteiger partial charge in [-0.05, 0) is 54.5 Å². The summed E-state index contributed by atoms with van der Waals surface area (Å²) in [4.78, 5) is 4.61. The normalized spacial score (nSPS) is 11.1. The van der Waals surface area contributed by atoms with Gasteiger partial charge in [-0.15, -0.1) is 0 Å². The summed E-state index contributed by atoms with van der Waals surface area (Å²) in [7, 11) is 0. The van der Waals surface area contributed by atoms with Crippen molar-refractivity contribution in [3.05, 3.63) is 77.9 Å². The number of pyridine rings is 1. The lowest BCUT2D eigenvalue weighted by Gasteiger charge is -2.09. The lowest BCUT2D eigenvalue weighted by atomic mass is 9.98. The topological polar surface area (TPSA) is 12.9 Å². The number of rotatable bonds is 14. The monoisotopic (exact) mass is 445 g/mol. The predicted octanol–water partition coefficient (Wildman–Crippen LogP) is 9.58. The van der Waals surface area contributed by atoms with Gasteiger partial charge in [0, 0.05) is 23.0 Å². The zero-order valence-corrected chi connectivity index (χ0v) is 20.6. The fourth-order valence-electron chi connectivity index (χ4n) is 4.37. The summed E-state index contributed by atoms with van der Waals surface area (Å²) in [6.07, 6.45) is 16.8. The Morgan fingerprint density at radius 2 is 1.21 bits per heavy atom. The molecule has 0 amide bonds. The molecule has 2 heteroatoms. The first-order chi connectivity index (χ1) is 16.2. The van der Waals surface area contributed by atoms with E-state index in [0.29, 0.717) is 5.56 Å². The molecule has 0 N–H and O–H groups in total. The Morgan fingerprint density at radius 1 is 0.606 bits per heavy atom. The molecule has 0 saturated carbocycles. The van der Waals surface area contributed by atoms with Gasteiger partial charge < -0.3 is 0 Å². The molecular formula is C31H40FN. The molecule has 1 heterocycles. The van der Waals surface area contributed by atoms with Crippen LogP contribution < -0.4 is 0 Å². The van der Waals surface area contributed by atoms with E-state index in [4.69, 9.17) is 0 Å². The highest BCUT2D eigenvalue weighted by Crippen LogP contribution is 2.28. The van der Waals surface area contributed by atoms with Gasteiger partial charge in [-0.1, -0.05) is 108 Å². The number of aryl methyl sites for hydroxylation is 2. The van der Waals surface area contributed by atoms with Crippen LogP contribution in [0.4, 0.5) is 4.39 Å². The van der Waals surface area contributed by atoms with Crippen molar-refractivity contribution in [1.82, 2.24) is 4.98 Å². The molecule has 1 nitrogen and oxygen atoms in total. The lowest BCUT2D eigenvalue weighted by Crippen LogP contribution is -1.92. The second-order valence-corrected chi connectivity index (χ2v) is 9.26. The molecule has 0 bridgehead atoms. The highest BCUT2D eigenvalue weighted by molar-refractivity contribution is 5.70. The van der Waals surface area contributed by atoms with Crippen LogP contribution in [0, 0.1) is 5.82 Å². The van der Waals surface area contributed by atoms with Crippen LogP contribution in [-0.2, 0) is 12.8 Å². The molecule has 3 aromatic rings. The Morgan fingerprint density at radius 3 is 1.82 bits per heavy atom. The zero-order valence-electron chi connectivity index (χ0n) is 20.6. The molecule has 0 aliphatic carbocycles. The van der Waals surface area contributed by atoms with E-state index in [1.165, 1.54) is 69.8 Å². The van der Waals surface area contributed by atoms with Crippen LogP contribution in [0.3, 0.4) is 0 Å². The molecule has 33 heavy (non-hydrogen) atoms. The maximum Gasteiger partial charge on any atom is 0.131 e. The summed E-state index contributed by atoms with van der Waals surface area (Å²) >= 11 is 0. The number of hydrogen-bond donors (Lipinski definition) is 0. The highest BCUT2D eigenvalue weighted by Gasteiger charge is 2.08. The minimum atomic E-state index is -0.181. The maximum atomic E-state index is 15.0. The average molecular weight is 446 g/mol. The van der Waals surface area contributed by atoms with Gasteiger partial charge in [0.2, 0.25) is 0 Å². The molecule has 0 aliphatic rings. The quantitative estimate of drug-likeness (QED) is 0.225. The summed E-state index contributed by atoms with van der Waals surface area (Å²) in [5.74, 6) is -0.181. The van der Waals surface area contributed by atoms with E-state index in [9.17, 15) is 4.39 Å². The van der Waals surface area contributed by atoms with Gasteiger partial charge in [0.05, 0.1) is 0 Å². The van der Waals surface area contributed by atoms with E-state index >= 15 is 0 Å². The van der Waals surface area contributed by atoms with Gasteiger partial charge in [-0.3, -0.25) is 4.98 Å². The molecule has 0 unspecified atom stereocenters. The molecule has 0 atom stereocenters. The van der Waals surface area contributed by atoms with E-state index < -0.39 is 0 Å². The van der Waals surface area contributed by atoms with Gasteiger partial charge in [0.1, 0.15) is 5.82 Å². The zero-order chi connectivity index (χ0) is 23.3. The van der Waals surface area contributed by atoms with Gasteiger partial charge in [-0.2, -0.15) is 0 Å². The molecule has 2 aromatic carbocycles. The van der Waals surface area contributed by atoms with Crippen LogP contribution >= 0.6 is 0 Å². The van der Waals surface area contributed by atoms with Crippen LogP contribution in [-0.4, -0.2) is 4.98 Å². The van der Waals surface area contributed by atoms with Crippen LogP contribution in [0.1, 0.15) is 89.3 Å². The summed E-state index contributed by atoms with van der Waals surface area (Å²) in [6.45, 7) is 4.48. The Hall–Kier alpha value is -2.48. The van der Waals surface area contributed by atoms with Gasteiger partial charge in [-0.25, -0.2) is 4.39 Å². The Balaban J connectivity index is 1.57. The smallest absolute Gasteiger partial charge is 0.131 e. The van der Waals surface area contributed by atoms with Crippen LogP contribution in [0.15, 0.2) is 60.8 Å². The van der Waals surface area contributed by atoms with Crippen molar-refractivity contribution in [3.8, 4) is 22.3 Å². The van der Waals surface area contributed by atoms with E-state index in [-0.39, 0.29) is 5.82 Å². The predicted molar refractivity (Wildman–Crippen MR) is 140 cm³/mol. The number of aromatic nitrogens is 1. The summed E-state index contributed by atoms with van der Waals surface area (Å²) < 4.78 is 15.0. The summed E-state index contributed by atoms with van der Waals surface area (Å²) in [5, 5.41) is 0. The largest absolute Gasteiger partial charge is 0.261 e. The minimum Gasteiger partial charge on any atom is -0.261 e. The van der Waals surface area contributed by atoms with E-state index in [2.05, 4.69) is 55.2 Å². The number of nitrogens with zero attached hydrogens (tertiary/aromatic N) is 1. The number of hydrogen-bond acceptors (Lipinski definition) is 1. The second kappa shape index (κ2) is 13.9. The minimum absolute atomic E-state index is 0.181. The van der Waals surface area contributed by atoms with Gasteiger partial charge in [0.15, 0.2) is 0 Å². The van der Waals surface area contributed by atoms with Crippen molar-refractivity contribution in [2.75, 3.05) is 0 Å². The molecule has 176 valence electrons. The number of benzene rings is 2. The summed E-state index contributed by atoms with van der Waals surface area (Å²) in [6, 6.07) is 18.1. The van der Waals surface area contributed by atoms with Crippen molar-refractivity contribution < 1.29 is 4.39 Å². The van der Waals surface area contributed by atoms with Crippen LogP contribution in [0.5, 0.6) is 0 Å². The first-order valence-corrected chi connectivity index (χ1v) is 13.1. The van der Waals surface area contributed by atoms with Gasteiger partial charge >= 0.3 is 0 Å². The lowest BCUT2D eigenvalue weighted by molar-refractivity contribution is 0.628. The molecule has 1 aromatic heterocycles. The van der Waals surface area contributed by atoms with Crippen LogP contribution in [0.2, 0.25) is 0 Å². The Labute approximate surface area is 200 Å². The standard InChI is InChI=1S/C31H40FN/c1-3-5-7-9-11-13-25-15-17-26(18-16-25)30-22-20-27(23-31(30)32)28-19-21-29(33-24-28)14-12-10-8-6-4-2/h15-24H,3-14H2,1-2H3. The van der Waals surface area contributed by atoms with Crippen molar-refractivity contribution in [1.29, 1.82) is 0 Å². The van der Waals surface area contributed by atoms with Crippen molar-refractivity contribution in [3.63, 3.8) is 0 Å². The van der Waals surface area contributed by atoms with Crippen molar-refractivity contribution in [2.24, 2.45) is 0 Å². The Bertz CT molecular complexity index is 944. The van der Waals surface area contributed by atoms with E-state index in [0.717, 1.165) is 35.2 Å². The molecule has 0 radical (unpaired) electrons. The van der Waals surface area contributed by atoms with Crippen molar-refractivity contribution >= 4 is 0 Å². The molecule has 3 rings (SSSR count). The fourth-order valence-corrected chi connectivity index (χ4v) is 4.37.